The van der Waals surface area contributed by atoms with E-state index in [1.807, 2.05) is 24.3 Å². The number of ether oxygens (including phenoxy) is 1. The monoisotopic (exact) mass is 339 g/mol. The molecule has 3 rings (SSSR count). The minimum atomic E-state index is -0.443. The minimum absolute atomic E-state index is 0.0233. The van der Waals surface area contributed by atoms with E-state index in [9.17, 15) is 14.9 Å². The summed E-state index contributed by atoms with van der Waals surface area (Å²) in [7, 11) is 1.59. The second-order valence-electron chi connectivity index (χ2n) is 5.71. The average Bonchev–Trinajstić information content (AvgIpc) is 3.07. The molecule has 7 nitrogen and oxygen atoms in total. The number of carbonyl (C=O) groups excluding carboxylic acids is 1. The van der Waals surface area contributed by atoms with Crippen molar-refractivity contribution in [1.29, 1.82) is 0 Å². The predicted molar refractivity (Wildman–Crippen MR) is 92.5 cm³/mol. The van der Waals surface area contributed by atoms with Gasteiger partial charge in [-0.1, -0.05) is 12.1 Å². The first kappa shape index (κ1) is 16.6. The van der Waals surface area contributed by atoms with Gasteiger partial charge in [-0.3, -0.25) is 14.9 Å². The van der Waals surface area contributed by atoms with Crippen LogP contribution in [0.2, 0.25) is 0 Å². The van der Waals surface area contributed by atoms with Gasteiger partial charge in [0, 0.05) is 25.5 Å². The van der Waals surface area contributed by atoms with E-state index in [1.165, 1.54) is 24.1 Å². The molecule has 2 aromatic carbocycles. The number of nitro groups is 1. The van der Waals surface area contributed by atoms with Gasteiger partial charge in [0.2, 0.25) is 5.91 Å². The first-order valence-corrected chi connectivity index (χ1v) is 7.75. The van der Waals surface area contributed by atoms with Gasteiger partial charge in [-0.05, 0) is 35.4 Å². The van der Waals surface area contributed by atoms with Crippen LogP contribution in [0.3, 0.4) is 0 Å². The lowest BCUT2D eigenvalue weighted by atomic mass is 9.98. The summed E-state index contributed by atoms with van der Waals surface area (Å²) in [6.45, 7) is 1.47. The van der Waals surface area contributed by atoms with Gasteiger partial charge in [0.15, 0.2) is 0 Å². The third-order valence-corrected chi connectivity index (χ3v) is 4.12. The van der Waals surface area contributed by atoms with Crippen LogP contribution in [-0.4, -0.2) is 28.7 Å². The molecule has 0 N–H and O–H groups in total. The number of hydrogen-bond acceptors (Lipinski definition) is 5. The van der Waals surface area contributed by atoms with Gasteiger partial charge in [-0.25, -0.2) is 5.01 Å². The van der Waals surface area contributed by atoms with E-state index in [4.69, 9.17) is 4.74 Å². The van der Waals surface area contributed by atoms with Gasteiger partial charge in [0.1, 0.15) is 5.75 Å². The zero-order valence-corrected chi connectivity index (χ0v) is 13.9. The molecular formula is C18H17N3O4. The van der Waals surface area contributed by atoms with Gasteiger partial charge in [-0.2, -0.15) is 5.10 Å². The molecule has 0 saturated carbocycles. The number of nitrogens with zero attached hydrogens (tertiary/aromatic N) is 3. The Hall–Kier alpha value is -3.22. The molecule has 128 valence electrons. The largest absolute Gasteiger partial charge is 0.497 e. The molecule has 7 heteroatoms. The summed E-state index contributed by atoms with van der Waals surface area (Å²) < 4.78 is 5.25. The molecule has 0 bridgehead atoms. The molecule has 0 aliphatic carbocycles. The van der Waals surface area contributed by atoms with Crippen molar-refractivity contribution in [3.8, 4) is 5.75 Å². The van der Waals surface area contributed by atoms with Crippen molar-refractivity contribution in [2.45, 2.75) is 19.4 Å². The molecule has 1 amide bonds. The molecule has 2 aromatic rings. The standard InChI is InChI=1S/C18H17N3O4/c1-12(22)20-18(14-4-3-5-16(10-14)25-2)11-17(19-20)13-6-8-15(9-7-13)21(23)24/h3-10,18H,11H2,1-2H3/t18-/m0/s1. The Labute approximate surface area is 144 Å². The number of hydrogen-bond donors (Lipinski definition) is 0. The van der Waals surface area contributed by atoms with E-state index >= 15 is 0 Å². The average molecular weight is 339 g/mol. The van der Waals surface area contributed by atoms with Gasteiger partial charge < -0.3 is 4.74 Å². The van der Waals surface area contributed by atoms with E-state index in [2.05, 4.69) is 5.10 Å². The maximum Gasteiger partial charge on any atom is 0.269 e. The quantitative estimate of drug-likeness (QED) is 0.632. The van der Waals surface area contributed by atoms with Gasteiger partial charge in [0.05, 0.1) is 23.8 Å². The van der Waals surface area contributed by atoms with Crippen molar-refractivity contribution >= 4 is 17.3 Å². The molecule has 0 spiro atoms. The van der Waals surface area contributed by atoms with Crippen LogP contribution in [0.1, 0.15) is 30.5 Å². The maximum atomic E-state index is 12.0. The van der Waals surface area contributed by atoms with Crippen molar-refractivity contribution in [2.75, 3.05) is 7.11 Å². The summed E-state index contributed by atoms with van der Waals surface area (Å²) in [5.74, 6) is 0.550. The van der Waals surface area contributed by atoms with Crippen molar-refractivity contribution in [3.63, 3.8) is 0 Å². The first-order chi connectivity index (χ1) is 12.0. The third kappa shape index (κ3) is 3.35. The number of hydrazone groups is 1. The third-order valence-electron chi connectivity index (χ3n) is 4.12. The van der Waals surface area contributed by atoms with E-state index in [-0.39, 0.29) is 17.6 Å². The Morgan fingerprint density at radius 1 is 1.28 bits per heavy atom. The summed E-state index contributed by atoms with van der Waals surface area (Å²) in [6, 6.07) is 13.5. The molecule has 0 unspecified atom stereocenters. The highest BCUT2D eigenvalue weighted by atomic mass is 16.6. The van der Waals surface area contributed by atoms with Gasteiger partial charge in [0.25, 0.3) is 5.69 Å². The topological polar surface area (TPSA) is 85.0 Å². The molecule has 0 fully saturated rings. The summed E-state index contributed by atoms with van der Waals surface area (Å²) in [4.78, 5) is 22.3. The van der Waals surface area contributed by atoms with Crippen LogP contribution in [0, 0.1) is 10.1 Å². The number of amides is 1. The van der Waals surface area contributed by atoms with Gasteiger partial charge >= 0.3 is 0 Å². The fourth-order valence-electron chi connectivity index (χ4n) is 2.86. The maximum absolute atomic E-state index is 12.0. The SMILES string of the molecule is COc1cccc([C@@H]2CC(c3ccc([N+](=O)[O-])cc3)=NN2C(C)=O)c1. The Kier molecular flexibility index (Phi) is 4.47. The number of rotatable bonds is 4. The molecule has 0 saturated heterocycles. The first-order valence-electron chi connectivity index (χ1n) is 7.75. The molecule has 0 aromatic heterocycles. The van der Waals surface area contributed by atoms with Crippen molar-refractivity contribution < 1.29 is 14.5 Å². The van der Waals surface area contributed by atoms with Crippen LogP contribution >= 0.6 is 0 Å². The number of methoxy groups -OCH3 is 1. The number of nitro benzene ring substituents is 1. The summed E-state index contributed by atoms with van der Waals surface area (Å²) in [5.41, 5.74) is 2.44. The zero-order chi connectivity index (χ0) is 18.0. The molecule has 25 heavy (non-hydrogen) atoms. The van der Waals surface area contributed by atoms with E-state index in [0.717, 1.165) is 16.8 Å². The molecule has 0 radical (unpaired) electrons. The predicted octanol–water partition coefficient (Wildman–Crippen LogP) is 3.30. The zero-order valence-electron chi connectivity index (χ0n) is 13.9. The van der Waals surface area contributed by atoms with Crippen LogP contribution in [0.25, 0.3) is 0 Å². The molecular weight excluding hydrogens is 322 g/mol. The number of non-ortho nitro benzene ring substituents is 1. The van der Waals surface area contributed by atoms with Crippen molar-refractivity contribution in [3.05, 3.63) is 69.8 Å². The highest BCUT2D eigenvalue weighted by Crippen LogP contribution is 2.34. The second-order valence-corrected chi connectivity index (χ2v) is 5.71. The lowest BCUT2D eigenvalue weighted by Gasteiger charge is -2.20. The fourth-order valence-corrected chi connectivity index (χ4v) is 2.86. The molecule has 1 aliphatic rings. The number of benzene rings is 2. The van der Waals surface area contributed by atoms with Crippen LogP contribution in [0.5, 0.6) is 5.75 Å². The van der Waals surface area contributed by atoms with Crippen molar-refractivity contribution in [1.82, 2.24) is 5.01 Å². The molecule has 1 aliphatic heterocycles. The summed E-state index contributed by atoms with van der Waals surface area (Å²) >= 11 is 0. The minimum Gasteiger partial charge on any atom is -0.497 e. The summed E-state index contributed by atoms with van der Waals surface area (Å²) in [5, 5.41) is 16.7. The molecule has 1 heterocycles. The van der Waals surface area contributed by atoms with E-state index < -0.39 is 4.92 Å². The highest BCUT2D eigenvalue weighted by Gasteiger charge is 2.31. The summed E-state index contributed by atoms with van der Waals surface area (Å²) in [6.07, 6.45) is 0.532. The Balaban J connectivity index is 1.91. The Morgan fingerprint density at radius 3 is 2.60 bits per heavy atom. The smallest absolute Gasteiger partial charge is 0.269 e. The fraction of sp³-hybridized carbons (Fsp3) is 0.222. The van der Waals surface area contributed by atoms with Crippen LogP contribution in [-0.2, 0) is 4.79 Å². The Morgan fingerprint density at radius 2 is 2.00 bits per heavy atom. The van der Waals surface area contributed by atoms with Gasteiger partial charge in [-0.15, -0.1) is 0 Å². The lowest BCUT2D eigenvalue weighted by molar-refractivity contribution is -0.384. The van der Waals surface area contributed by atoms with Crippen LogP contribution in [0.4, 0.5) is 5.69 Å². The normalized spacial score (nSPS) is 16.5. The van der Waals surface area contributed by atoms with E-state index in [1.54, 1.807) is 19.2 Å². The van der Waals surface area contributed by atoms with E-state index in [0.29, 0.717) is 12.2 Å². The highest BCUT2D eigenvalue weighted by molar-refractivity contribution is 6.03. The van der Waals surface area contributed by atoms with Crippen LogP contribution in [0.15, 0.2) is 53.6 Å². The Bertz CT molecular complexity index is 846. The molecule has 1 atom stereocenters. The lowest BCUT2D eigenvalue weighted by Crippen LogP contribution is -2.24. The number of carbonyl (C=O) groups is 1. The van der Waals surface area contributed by atoms with Crippen molar-refractivity contribution in [2.24, 2.45) is 5.10 Å². The van der Waals surface area contributed by atoms with Crippen LogP contribution < -0.4 is 4.74 Å². The second kappa shape index (κ2) is 6.72.